The minimum atomic E-state index is -0.102. The predicted octanol–water partition coefficient (Wildman–Crippen LogP) is 3.23. The van der Waals surface area contributed by atoms with Crippen LogP contribution >= 0.6 is 24.0 Å². The molecule has 0 bridgehead atoms. The van der Waals surface area contributed by atoms with Crippen LogP contribution in [0.3, 0.4) is 0 Å². The zero-order valence-corrected chi connectivity index (χ0v) is 16.7. The van der Waals surface area contributed by atoms with E-state index in [4.69, 9.17) is 4.74 Å². The SMILES string of the molecule is CCOCC1CCN(C(=NC)NC2CC2c2ccccc2F)C1.I. The van der Waals surface area contributed by atoms with E-state index >= 15 is 0 Å². The van der Waals surface area contributed by atoms with Crippen LogP contribution in [0.1, 0.15) is 31.2 Å². The molecule has 24 heavy (non-hydrogen) atoms. The number of benzene rings is 1. The molecule has 134 valence electrons. The average Bonchev–Trinajstić information content (AvgIpc) is 3.17. The molecule has 0 radical (unpaired) electrons. The number of halogens is 2. The van der Waals surface area contributed by atoms with Crippen LogP contribution in [0, 0.1) is 11.7 Å². The zero-order chi connectivity index (χ0) is 16.2. The van der Waals surface area contributed by atoms with Gasteiger partial charge in [-0.2, -0.15) is 0 Å². The molecule has 1 saturated carbocycles. The summed E-state index contributed by atoms with van der Waals surface area (Å²) >= 11 is 0. The van der Waals surface area contributed by atoms with Gasteiger partial charge in [0.05, 0.1) is 6.61 Å². The number of aliphatic imine (C=N–C) groups is 1. The summed E-state index contributed by atoms with van der Waals surface area (Å²) in [4.78, 5) is 6.70. The Balaban J connectivity index is 0.00000208. The number of nitrogens with one attached hydrogen (secondary N) is 1. The molecule has 1 heterocycles. The Morgan fingerprint density at radius 2 is 2.21 bits per heavy atom. The Morgan fingerprint density at radius 1 is 1.42 bits per heavy atom. The summed E-state index contributed by atoms with van der Waals surface area (Å²) in [5.41, 5.74) is 0.816. The van der Waals surface area contributed by atoms with Gasteiger partial charge in [-0.1, -0.05) is 18.2 Å². The number of nitrogens with zero attached hydrogens (tertiary/aromatic N) is 2. The number of hydrogen-bond acceptors (Lipinski definition) is 2. The Kier molecular flexibility index (Phi) is 7.28. The van der Waals surface area contributed by atoms with Crippen LogP contribution in [0.25, 0.3) is 0 Å². The monoisotopic (exact) mass is 447 g/mol. The largest absolute Gasteiger partial charge is 0.381 e. The lowest BCUT2D eigenvalue weighted by Gasteiger charge is -2.22. The third-order valence-electron chi connectivity index (χ3n) is 4.76. The first-order valence-corrected chi connectivity index (χ1v) is 8.53. The number of hydrogen-bond donors (Lipinski definition) is 1. The van der Waals surface area contributed by atoms with Gasteiger partial charge in [0.15, 0.2) is 5.96 Å². The van der Waals surface area contributed by atoms with Crippen molar-refractivity contribution in [2.45, 2.75) is 31.7 Å². The van der Waals surface area contributed by atoms with Gasteiger partial charge >= 0.3 is 0 Å². The maximum Gasteiger partial charge on any atom is 0.193 e. The van der Waals surface area contributed by atoms with Crippen molar-refractivity contribution in [1.82, 2.24) is 10.2 Å². The van der Waals surface area contributed by atoms with Crippen molar-refractivity contribution in [2.75, 3.05) is 33.4 Å². The summed E-state index contributed by atoms with van der Waals surface area (Å²) in [5, 5.41) is 3.50. The first-order valence-electron chi connectivity index (χ1n) is 8.53. The number of rotatable bonds is 5. The third kappa shape index (κ3) is 4.59. The molecule has 1 aromatic carbocycles. The van der Waals surface area contributed by atoms with Gasteiger partial charge in [0.1, 0.15) is 5.82 Å². The van der Waals surface area contributed by atoms with Gasteiger partial charge in [-0.25, -0.2) is 4.39 Å². The second-order valence-electron chi connectivity index (χ2n) is 6.42. The van der Waals surface area contributed by atoms with Gasteiger partial charge in [0, 0.05) is 44.6 Å². The minimum absolute atomic E-state index is 0. The van der Waals surface area contributed by atoms with Gasteiger partial charge in [0.25, 0.3) is 0 Å². The van der Waals surface area contributed by atoms with Crippen molar-refractivity contribution in [3.8, 4) is 0 Å². The highest BCUT2D eigenvalue weighted by Crippen LogP contribution is 2.42. The molecule has 1 N–H and O–H groups in total. The minimum Gasteiger partial charge on any atom is -0.381 e. The van der Waals surface area contributed by atoms with E-state index < -0.39 is 0 Å². The molecule has 0 spiro atoms. The predicted molar refractivity (Wildman–Crippen MR) is 106 cm³/mol. The van der Waals surface area contributed by atoms with Gasteiger partial charge in [0.2, 0.25) is 0 Å². The fraction of sp³-hybridized carbons (Fsp3) is 0.611. The van der Waals surface area contributed by atoms with Crippen LogP contribution in [0.4, 0.5) is 4.39 Å². The molecule has 1 aliphatic carbocycles. The van der Waals surface area contributed by atoms with Gasteiger partial charge in [-0.15, -0.1) is 24.0 Å². The summed E-state index contributed by atoms with van der Waals surface area (Å²) in [6, 6.07) is 7.36. The van der Waals surface area contributed by atoms with Crippen molar-refractivity contribution in [2.24, 2.45) is 10.9 Å². The maximum atomic E-state index is 13.9. The van der Waals surface area contributed by atoms with E-state index in [1.165, 1.54) is 0 Å². The summed E-state index contributed by atoms with van der Waals surface area (Å²) in [7, 11) is 1.82. The highest BCUT2D eigenvalue weighted by Gasteiger charge is 2.41. The van der Waals surface area contributed by atoms with E-state index in [9.17, 15) is 4.39 Å². The second kappa shape index (κ2) is 8.99. The van der Waals surface area contributed by atoms with Crippen molar-refractivity contribution in [3.05, 3.63) is 35.6 Å². The first-order chi connectivity index (χ1) is 11.2. The van der Waals surface area contributed by atoms with E-state index in [2.05, 4.69) is 15.2 Å². The molecule has 2 aliphatic rings. The Bertz CT molecular complexity index is 569. The van der Waals surface area contributed by atoms with Crippen molar-refractivity contribution in [1.29, 1.82) is 0 Å². The van der Waals surface area contributed by atoms with Crippen LogP contribution in [0.15, 0.2) is 29.3 Å². The van der Waals surface area contributed by atoms with Crippen LogP contribution in [0.5, 0.6) is 0 Å². The molecular formula is C18H27FIN3O. The van der Waals surface area contributed by atoms with E-state index in [-0.39, 0.29) is 41.8 Å². The molecule has 1 aromatic rings. The maximum absolute atomic E-state index is 13.9. The van der Waals surface area contributed by atoms with Crippen LogP contribution in [-0.4, -0.2) is 50.3 Å². The topological polar surface area (TPSA) is 36.9 Å². The molecule has 3 rings (SSSR count). The van der Waals surface area contributed by atoms with Gasteiger partial charge < -0.3 is 15.0 Å². The van der Waals surface area contributed by atoms with Crippen LogP contribution in [-0.2, 0) is 4.74 Å². The van der Waals surface area contributed by atoms with Crippen LogP contribution < -0.4 is 5.32 Å². The molecule has 0 amide bonds. The van der Waals surface area contributed by atoms with E-state index in [1.54, 1.807) is 12.1 Å². The lowest BCUT2D eigenvalue weighted by molar-refractivity contribution is 0.114. The first kappa shape index (κ1) is 19.4. The highest BCUT2D eigenvalue weighted by atomic mass is 127. The average molecular weight is 447 g/mol. The van der Waals surface area contributed by atoms with Gasteiger partial charge in [-0.05, 0) is 31.4 Å². The molecule has 2 fully saturated rings. The molecule has 6 heteroatoms. The van der Waals surface area contributed by atoms with Crippen molar-refractivity contribution < 1.29 is 9.13 Å². The standard InChI is InChI=1S/C18H26FN3O.HI/c1-3-23-12-13-8-9-22(11-13)18(20-2)21-17-10-15(17)14-6-4-5-7-16(14)19;/h4-7,13,15,17H,3,8-12H2,1-2H3,(H,20,21);1H. The fourth-order valence-corrected chi connectivity index (χ4v) is 3.38. The van der Waals surface area contributed by atoms with Crippen molar-refractivity contribution in [3.63, 3.8) is 0 Å². The summed E-state index contributed by atoms with van der Waals surface area (Å²) in [5.74, 6) is 1.67. The number of likely N-dealkylation sites (tertiary alicyclic amines) is 1. The lowest BCUT2D eigenvalue weighted by Crippen LogP contribution is -2.41. The Hall–Kier alpha value is -0.890. The number of ether oxygens (including phenoxy) is 1. The molecule has 0 aromatic heterocycles. The molecule has 4 nitrogen and oxygen atoms in total. The normalized spacial score (nSPS) is 26.2. The van der Waals surface area contributed by atoms with Crippen molar-refractivity contribution >= 4 is 29.9 Å². The highest BCUT2D eigenvalue weighted by molar-refractivity contribution is 14.0. The zero-order valence-electron chi connectivity index (χ0n) is 14.4. The second-order valence-corrected chi connectivity index (χ2v) is 6.42. The summed E-state index contributed by atoms with van der Waals surface area (Å²) in [6.07, 6.45) is 2.11. The van der Waals surface area contributed by atoms with E-state index in [1.807, 2.05) is 26.1 Å². The fourth-order valence-electron chi connectivity index (χ4n) is 3.38. The summed E-state index contributed by atoms with van der Waals surface area (Å²) < 4.78 is 19.4. The summed E-state index contributed by atoms with van der Waals surface area (Å²) in [6.45, 7) is 5.62. The number of guanidine groups is 1. The molecule has 1 aliphatic heterocycles. The Labute approximate surface area is 160 Å². The smallest absolute Gasteiger partial charge is 0.193 e. The molecule has 3 atom stereocenters. The molecular weight excluding hydrogens is 420 g/mol. The lowest BCUT2D eigenvalue weighted by atomic mass is 10.1. The van der Waals surface area contributed by atoms with E-state index in [0.29, 0.717) is 5.92 Å². The molecule has 1 saturated heterocycles. The quantitative estimate of drug-likeness (QED) is 0.428. The molecule has 3 unspecified atom stereocenters. The van der Waals surface area contributed by atoms with Crippen LogP contribution in [0.2, 0.25) is 0 Å². The Morgan fingerprint density at radius 3 is 2.92 bits per heavy atom. The third-order valence-corrected chi connectivity index (χ3v) is 4.76. The van der Waals surface area contributed by atoms with Gasteiger partial charge in [-0.3, -0.25) is 4.99 Å². The van der Waals surface area contributed by atoms with E-state index in [0.717, 1.165) is 50.7 Å².